The zero-order valence-electron chi connectivity index (χ0n) is 15.2. The maximum Gasteiger partial charge on any atom is 0.410 e. The molecule has 23 heavy (non-hydrogen) atoms. The van der Waals surface area contributed by atoms with E-state index in [2.05, 4.69) is 17.3 Å². The molecule has 3 fully saturated rings. The molecule has 2 unspecified atom stereocenters. The second-order valence-corrected chi connectivity index (χ2v) is 8.69. The third-order valence-electron chi connectivity index (χ3n) is 5.53. The standard InChI is InChI=1S/C18H33N3O2/c1-18(2,3)23-17(22)21-15-5-6-16(21)12-14(11-15)19-13-7-9-20(4)10-8-13/h13-16,19H,5-12H2,1-4H3. The van der Waals surface area contributed by atoms with Gasteiger partial charge < -0.3 is 19.9 Å². The maximum absolute atomic E-state index is 12.5. The Morgan fingerprint density at radius 3 is 2.09 bits per heavy atom. The Hall–Kier alpha value is -0.810. The molecule has 0 aromatic carbocycles. The summed E-state index contributed by atoms with van der Waals surface area (Å²) in [5, 5.41) is 3.88. The van der Waals surface area contributed by atoms with Gasteiger partial charge >= 0.3 is 6.09 Å². The zero-order chi connectivity index (χ0) is 16.6. The van der Waals surface area contributed by atoms with Gasteiger partial charge in [0.15, 0.2) is 0 Å². The lowest BCUT2D eigenvalue weighted by molar-refractivity contribution is 0.00393. The minimum atomic E-state index is -0.403. The molecule has 0 saturated carbocycles. The number of rotatable bonds is 2. The third-order valence-corrected chi connectivity index (χ3v) is 5.53. The summed E-state index contributed by atoms with van der Waals surface area (Å²) in [5.74, 6) is 0. The highest BCUT2D eigenvalue weighted by Gasteiger charge is 2.45. The first-order valence-electron chi connectivity index (χ1n) is 9.28. The van der Waals surface area contributed by atoms with Crippen molar-refractivity contribution in [3.05, 3.63) is 0 Å². The number of fused-ring (bicyclic) bond motifs is 2. The summed E-state index contributed by atoms with van der Waals surface area (Å²) in [6, 6.07) is 1.96. The van der Waals surface area contributed by atoms with Crippen molar-refractivity contribution in [1.82, 2.24) is 15.1 Å². The van der Waals surface area contributed by atoms with E-state index in [4.69, 9.17) is 4.74 Å². The first kappa shape index (κ1) is 17.0. The Bertz CT molecular complexity index is 412. The molecular formula is C18H33N3O2. The zero-order valence-corrected chi connectivity index (χ0v) is 15.2. The number of ether oxygens (including phenoxy) is 1. The molecule has 0 spiro atoms. The van der Waals surface area contributed by atoms with Crippen LogP contribution in [0.3, 0.4) is 0 Å². The van der Waals surface area contributed by atoms with Crippen LogP contribution in [0.2, 0.25) is 0 Å². The molecule has 3 aliphatic heterocycles. The van der Waals surface area contributed by atoms with Gasteiger partial charge in [0, 0.05) is 24.2 Å². The molecule has 132 valence electrons. The fraction of sp³-hybridized carbons (Fsp3) is 0.944. The van der Waals surface area contributed by atoms with Crippen LogP contribution >= 0.6 is 0 Å². The van der Waals surface area contributed by atoms with Crippen molar-refractivity contribution in [1.29, 1.82) is 0 Å². The normalized spacial score (nSPS) is 33.0. The highest BCUT2D eigenvalue weighted by atomic mass is 16.6. The van der Waals surface area contributed by atoms with Crippen molar-refractivity contribution in [2.45, 2.75) is 89.1 Å². The molecule has 1 N–H and O–H groups in total. The summed E-state index contributed by atoms with van der Waals surface area (Å²) < 4.78 is 5.62. The van der Waals surface area contributed by atoms with Crippen LogP contribution in [0, 0.1) is 0 Å². The number of hydrogen-bond donors (Lipinski definition) is 1. The molecule has 0 aromatic heterocycles. The molecule has 3 heterocycles. The van der Waals surface area contributed by atoms with E-state index < -0.39 is 5.60 Å². The van der Waals surface area contributed by atoms with E-state index in [9.17, 15) is 4.79 Å². The number of hydrogen-bond acceptors (Lipinski definition) is 4. The second-order valence-electron chi connectivity index (χ2n) is 8.69. The maximum atomic E-state index is 12.5. The molecule has 2 atom stereocenters. The highest BCUT2D eigenvalue weighted by Crippen LogP contribution is 2.37. The topological polar surface area (TPSA) is 44.8 Å². The van der Waals surface area contributed by atoms with Gasteiger partial charge in [-0.15, -0.1) is 0 Å². The van der Waals surface area contributed by atoms with Crippen LogP contribution in [0.1, 0.15) is 59.3 Å². The van der Waals surface area contributed by atoms with Crippen LogP contribution in [-0.2, 0) is 4.74 Å². The fourth-order valence-electron chi connectivity index (χ4n) is 4.43. The number of piperidine rings is 2. The smallest absolute Gasteiger partial charge is 0.410 e. The van der Waals surface area contributed by atoms with E-state index in [0.29, 0.717) is 24.2 Å². The molecule has 2 bridgehead atoms. The lowest BCUT2D eigenvalue weighted by Gasteiger charge is -2.41. The summed E-state index contributed by atoms with van der Waals surface area (Å²) in [6.45, 7) is 8.23. The van der Waals surface area contributed by atoms with Crippen molar-refractivity contribution in [3.63, 3.8) is 0 Å². The van der Waals surface area contributed by atoms with Crippen molar-refractivity contribution in [3.8, 4) is 0 Å². The van der Waals surface area contributed by atoms with Crippen LogP contribution in [0.4, 0.5) is 4.79 Å². The van der Waals surface area contributed by atoms with Gasteiger partial charge in [0.2, 0.25) is 0 Å². The van der Waals surface area contributed by atoms with Crippen LogP contribution < -0.4 is 5.32 Å². The molecule has 3 saturated heterocycles. The van der Waals surface area contributed by atoms with Gasteiger partial charge in [-0.1, -0.05) is 0 Å². The predicted octanol–water partition coefficient (Wildman–Crippen LogP) is 2.60. The molecule has 0 aromatic rings. The van der Waals surface area contributed by atoms with E-state index >= 15 is 0 Å². The molecule has 3 aliphatic rings. The van der Waals surface area contributed by atoms with Gasteiger partial charge in [0.1, 0.15) is 5.60 Å². The van der Waals surface area contributed by atoms with Gasteiger partial charge in [0.05, 0.1) is 0 Å². The van der Waals surface area contributed by atoms with Crippen molar-refractivity contribution in [2.75, 3.05) is 20.1 Å². The summed E-state index contributed by atoms with van der Waals surface area (Å²) >= 11 is 0. The number of carbonyl (C=O) groups excluding carboxylic acids is 1. The average Bonchev–Trinajstić information content (AvgIpc) is 2.72. The van der Waals surface area contributed by atoms with Gasteiger partial charge in [-0.25, -0.2) is 4.79 Å². The van der Waals surface area contributed by atoms with Gasteiger partial charge in [-0.2, -0.15) is 0 Å². The monoisotopic (exact) mass is 323 g/mol. The van der Waals surface area contributed by atoms with Gasteiger partial charge in [-0.3, -0.25) is 0 Å². The van der Waals surface area contributed by atoms with E-state index in [1.165, 1.54) is 25.9 Å². The highest BCUT2D eigenvalue weighted by molar-refractivity contribution is 5.69. The van der Waals surface area contributed by atoms with Crippen LogP contribution in [0.15, 0.2) is 0 Å². The molecular weight excluding hydrogens is 290 g/mol. The first-order valence-corrected chi connectivity index (χ1v) is 9.28. The Labute approximate surface area is 140 Å². The molecule has 5 heteroatoms. The number of nitrogens with one attached hydrogen (secondary N) is 1. The first-order chi connectivity index (χ1) is 10.8. The number of amides is 1. The molecule has 3 rings (SSSR count). The van der Waals surface area contributed by atoms with Crippen LogP contribution in [0.5, 0.6) is 0 Å². The summed E-state index contributed by atoms with van der Waals surface area (Å²) in [7, 11) is 2.20. The lowest BCUT2D eigenvalue weighted by Crippen LogP contribution is -2.55. The second kappa shape index (κ2) is 6.60. The minimum Gasteiger partial charge on any atom is -0.444 e. The predicted molar refractivity (Wildman–Crippen MR) is 91.6 cm³/mol. The Morgan fingerprint density at radius 1 is 1.00 bits per heavy atom. The number of nitrogens with zero attached hydrogens (tertiary/aromatic N) is 2. The fourth-order valence-corrected chi connectivity index (χ4v) is 4.43. The van der Waals surface area contributed by atoms with E-state index in [0.717, 1.165) is 25.7 Å². The quantitative estimate of drug-likeness (QED) is 0.848. The van der Waals surface area contributed by atoms with Crippen molar-refractivity contribution >= 4 is 6.09 Å². The molecule has 0 aliphatic carbocycles. The van der Waals surface area contributed by atoms with Crippen LogP contribution in [0.25, 0.3) is 0 Å². The average molecular weight is 323 g/mol. The SMILES string of the molecule is CN1CCC(NC2CC3CCC(C2)N3C(=O)OC(C)(C)C)CC1. The van der Waals surface area contributed by atoms with Gasteiger partial charge in [-0.05, 0) is 79.4 Å². The third kappa shape index (κ3) is 4.18. The Morgan fingerprint density at radius 2 is 1.57 bits per heavy atom. The largest absolute Gasteiger partial charge is 0.444 e. The van der Waals surface area contributed by atoms with Crippen LogP contribution in [-0.4, -0.2) is 65.8 Å². The van der Waals surface area contributed by atoms with Crippen molar-refractivity contribution in [2.24, 2.45) is 0 Å². The molecule has 5 nitrogen and oxygen atoms in total. The Kier molecular flexibility index (Phi) is 4.88. The lowest BCUT2D eigenvalue weighted by atomic mass is 9.95. The number of carbonyl (C=O) groups is 1. The molecule has 1 amide bonds. The summed E-state index contributed by atoms with van der Waals surface area (Å²) in [6.07, 6.45) is 6.83. The van der Waals surface area contributed by atoms with E-state index in [1.54, 1.807) is 0 Å². The summed E-state index contributed by atoms with van der Waals surface area (Å²) in [5.41, 5.74) is -0.403. The van der Waals surface area contributed by atoms with E-state index in [-0.39, 0.29) is 6.09 Å². The summed E-state index contributed by atoms with van der Waals surface area (Å²) in [4.78, 5) is 16.9. The molecule has 0 radical (unpaired) electrons. The Balaban J connectivity index is 1.53. The van der Waals surface area contributed by atoms with E-state index in [1.807, 2.05) is 25.7 Å². The number of likely N-dealkylation sites (tertiary alicyclic amines) is 1. The van der Waals surface area contributed by atoms with Crippen molar-refractivity contribution < 1.29 is 9.53 Å². The minimum absolute atomic E-state index is 0.109. The van der Waals surface area contributed by atoms with Gasteiger partial charge in [0.25, 0.3) is 0 Å².